The van der Waals surface area contributed by atoms with E-state index in [4.69, 9.17) is 5.11 Å². The van der Waals surface area contributed by atoms with E-state index in [9.17, 15) is 0 Å². The third kappa shape index (κ3) is 0.924. The number of aliphatic imine (C=N–C) groups is 1. The summed E-state index contributed by atoms with van der Waals surface area (Å²) in [6.07, 6.45) is 3.06. The van der Waals surface area contributed by atoms with Crippen molar-refractivity contribution in [2.45, 2.75) is 0 Å². The Hall–Kier alpha value is -0.990. The Bertz CT molecular complexity index is 117. The fourth-order valence-corrected chi connectivity index (χ4v) is 0.379. The number of hydrogen-bond donors (Lipinski definition) is 2. The summed E-state index contributed by atoms with van der Waals surface area (Å²) in [5.74, 6) is 0.0475. The van der Waals surface area contributed by atoms with E-state index >= 15 is 0 Å². The van der Waals surface area contributed by atoms with E-state index in [0.717, 1.165) is 0 Å². The topological polar surface area (TPSA) is 44.6 Å². The van der Waals surface area contributed by atoms with E-state index in [1.165, 1.54) is 6.20 Å². The number of aliphatic hydroxyl groups excluding tert-OH is 1. The molecule has 1 aliphatic heterocycles. The molecule has 0 spiro atoms. The molecule has 0 aliphatic carbocycles. The molecule has 7 heavy (non-hydrogen) atoms. The molecular formula is C4H6N2O. The van der Waals surface area contributed by atoms with Crippen LogP contribution in [0.5, 0.6) is 0 Å². The number of nitrogens with one attached hydrogen (secondary N) is 1. The Morgan fingerprint density at radius 1 is 1.86 bits per heavy atom. The van der Waals surface area contributed by atoms with Crippen LogP contribution in [0, 0.1) is 0 Å². The number of nitrogens with zero attached hydrogens (tertiary/aromatic N) is 1. The Labute approximate surface area is 41.4 Å². The van der Waals surface area contributed by atoms with Gasteiger partial charge in [-0.05, 0) is 0 Å². The monoisotopic (exact) mass is 98.0 g/mol. The number of hydrogen-bond acceptors (Lipinski definition) is 3. The van der Waals surface area contributed by atoms with Crippen LogP contribution < -0.4 is 5.32 Å². The highest BCUT2D eigenvalue weighted by atomic mass is 16.3. The summed E-state index contributed by atoms with van der Waals surface area (Å²) in [6, 6.07) is 0. The second kappa shape index (κ2) is 1.64. The van der Waals surface area contributed by atoms with Crippen molar-refractivity contribution in [3.8, 4) is 0 Å². The van der Waals surface area contributed by atoms with Crippen LogP contribution in [-0.4, -0.2) is 17.9 Å². The summed E-state index contributed by atoms with van der Waals surface area (Å²) in [4.78, 5) is 3.56. The zero-order valence-electron chi connectivity index (χ0n) is 3.76. The zero-order chi connectivity index (χ0) is 5.11. The second-order valence-corrected chi connectivity index (χ2v) is 1.22. The standard InChI is InChI=1S/C4H6N2O/c7-4-3-5-1-2-6-4/h2-3,5,7H,1H2. The number of rotatable bonds is 0. The molecule has 0 radical (unpaired) electrons. The molecule has 0 atom stereocenters. The van der Waals surface area contributed by atoms with Crippen LogP contribution in [0.1, 0.15) is 0 Å². The molecule has 0 aromatic heterocycles. The largest absolute Gasteiger partial charge is 0.492 e. The van der Waals surface area contributed by atoms with Crippen molar-refractivity contribution in [2.75, 3.05) is 6.54 Å². The Kier molecular flexibility index (Phi) is 0.978. The van der Waals surface area contributed by atoms with Crippen LogP contribution in [0.3, 0.4) is 0 Å². The van der Waals surface area contributed by atoms with Crippen LogP contribution in [0.15, 0.2) is 17.1 Å². The van der Waals surface area contributed by atoms with Gasteiger partial charge in [0.15, 0.2) is 0 Å². The first-order chi connectivity index (χ1) is 3.39. The second-order valence-electron chi connectivity index (χ2n) is 1.22. The van der Waals surface area contributed by atoms with Crippen LogP contribution in [0.25, 0.3) is 0 Å². The summed E-state index contributed by atoms with van der Waals surface area (Å²) in [5, 5.41) is 11.3. The van der Waals surface area contributed by atoms with E-state index < -0.39 is 0 Å². The highest BCUT2D eigenvalue weighted by Crippen LogP contribution is 1.87. The molecule has 0 bridgehead atoms. The fraction of sp³-hybridized carbons (Fsp3) is 0.250. The fourth-order valence-electron chi connectivity index (χ4n) is 0.379. The van der Waals surface area contributed by atoms with Crippen molar-refractivity contribution < 1.29 is 5.11 Å². The van der Waals surface area contributed by atoms with Crippen LogP contribution in [0.4, 0.5) is 0 Å². The maximum Gasteiger partial charge on any atom is 0.226 e. The molecule has 0 saturated carbocycles. The van der Waals surface area contributed by atoms with Crippen molar-refractivity contribution >= 4 is 6.21 Å². The van der Waals surface area contributed by atoms with Crippen molar-refractivity contribution in [3.63, 3.8) is 0 Å². The summed E-state index contributed by atoms with van der Waals surface area (Å²) in [6.45, 7) is 0.712. The predicted octanol–water partition coefficient (Wildman–Crippen LogP) is 0.0173. The molecule has 0 saturated heterocycles. The maximum absolute atomic E-state index is 8.51. The summed E-state index contributed by atoms with van der Waals surface area (Å²) in [7, 11) is 0. The highest BCUT2D eigenvalue weighted by Gasteiger charge is 1.88. The first-order valence-corrected chi connectivity index (χ1v) is 2.04. The molecule has 3 nitrogen and oxygen atoms in total. The highest BCUT2D eigenvalue weighted by molar-refractivity contribution is 5.62. The summed E-state index contributed by atoms with van der Waals surface area (Å²) in [5.41, 5.74) is 0. The van der Waals surface area contributed by atoms with Crippen LogP contribution in [-0.2, 0) is 0 Å². The normalized spacial score (nSPS) is 18.0. The van der Waals surface area contributed by atoms with Gasteiger partial charge in [-0.3, -0.25) is 0 Å². The average Bonchev–Trinajstić information content (AvgIpc) is 1.69. The molecule has 3 heteroatoms. The molecule has 1 rings (SSSR count). The van der Waals surface area contributed by atoms with E-state index in [0.29, 0.717) is 6.54 Å². The lowest BCUT2D eigenvalue weighted by molar-refractivity contribution is 0.400. The lowest BCUT2D eigenvalue weighted by Crippen LogP contribution is -2.12. The van der Waals surface area contributed by atoms with Gasteiger partial charge in [0.25, 0.3) is 0 Å². The first kappa shape index (κ1) is 4.18. The van der Waals surface area contributed by atoms with Crippen molar-refractivity contribution in [3.05, 3.63) is 12.1 Å². The van der Waals surface area contributed by atoms with Gasteiger partial charge in [0.2, 0.25) is 5.88 Å². The van der Waals surface area contributed by atoms with Gasteiger partial charge in [0.05, 0.1) is 12.7 Å². The Morgan fingerprint density at radius 2 is 2.71 bits per heavy atom. The first-order valence-electron chi connectivity index (χ1n) is 2.04. The quantitative estimate of drug-likeness (QED) is 0.448. The van der Waals surface area contributed by atoms with Crippen LogP contribution in [0.2, 0.25) is 0 Å². The van der Waals surface area contributed by atoms with Crippen molar-refractivity contribution in [1.82, 2.24) is 5.32 Å². The van der Waals surface area contributed by atoms with E-state index in [2.05, 4.69) is 10.3 Å². The molecule has 2 N–H and O–H groups in total. The van der Waals surface area contributed by atoms with Gasteiger partial charge < -0.3 is 10.4 Å². The Balaban J connectivity index is 2.58. The number of aliphatic hydroxyl groups is 1. The third-order valence-electron chi connectivity index (χ3n) is 0.664. The van der Waals surface area contributed by atoms with E-state index in [1.54, 1.807) is 6.21 Å². The minimum Gasteiger partial charge on any atom is -0.492 e. The molecule has 0 aromatic rings. The smallest absolute Gasteiger partial charge is 0.226 e. The minimum absolute atomic E-state index is 0.0475. The molecular weight excluding hydrogens is 92.1 g/mol. The van der Waals surface area contributed by atoms with Crippen molar-refractivity contribution in [1.29, 1.82) is 0 Å². The van der Waals surface area contributed by atoms with Gasteiger partial charge in [-0.15, -0.1) is 0 Å². The molecule has 1 aliphatic rings. The molecule has 0 aromatic carbocycles. The Morgan fingerprint density at radius 3 is 3.00 bits per heavy atom. The lowest BCUT2D eigenvalue weighted by atomic mass is 10.6. The predicted molar refractivity (Wildman–Crippen MR) is 27.2 cm³/mol. The van der Waals surface area contributed by atoms with Crippen molar-refractivity contribution in [2.24, 2.45) is 4.99 Å². The van der Waals surface area contributed by atoms with Gasteiger partial charge in [0, 0.05) is 6.21 Å². The van der Waals surface area contributed by atoms with Gasteiger partial charge in [0.1, 0.15) is 0 Å². The lowest BCUT2D eigenvalue weighted by Gasteiger charge is -1.98. The SMILES string of the molecule is OC1=CNCC=N1. The molecule has 1 heterocycles. The average molecular weight is 98.1 g/mol. The maximum atomic E-state index is 8.51. The van der Waals surface area contributed by atoms with Gasteiger partial charge in [-0.25, -0.2) is 4.99 Å². The van der Waals surface area contributed by atoms with E-state index in [-0.39, 0.29) is 5.88 Å². The molecule has 0 fully saturated rings. The summed E-state index contributed by atoms with van der Waals surface area (Å²) < 4.78 is 0. The molecule has 0 amide bonds. The zero-order valence-corrected chi connectivity index (χ0v) is 3.76. The third-order valence-corrected chi connectivity index (χ3v) is 0.664. The van der Waals surface area contributed by atoms with Gasteiger partial charge in [-0.1, -0.05) is 0 Å². The molecule has 38 valence electrons. The van der Waals surface area contributed by atoms with Gasteiger partial charge in [-0.2, -0.15) is 0 Å². The van der Waals surface area contributed by atoms with Crippen LogP contribution >= 0.6 is 0 Å². The summed E-state index contributed by atoms with van der Waals surface area (Å²) >= 11 is 0. The minimum atomic E-state index is 0.0475. The van der Waals surface area contributed by atoms with Gasteiger partial charge >= 0.3 is 0 Å². The van der Waals surface area contributed by atoms with E-state index in [1.807, 2.05) is 0 Å². The molecule has 0 unspecified atom stereocenters.